The lowest BCUT2D eigenvalue weighted by molar-refractivity contribution is -0.112. The van der Waals surface area contributed by atoms with Gasteiger partial charge in [-0.25, -0.2) is 0 Å². The second-order valence-electron chi connectivity index (χ2n) is 4.73. The molecular weight excluding hydrogens is 534 g/mol. The summed E-state index contributed by atoms with van der Waals surface area (Å²) in [5.41, 5.74) is 1.93. The molecule has 0 saturated heterocycles. The van der Waals surface area contributed by atoms with E-state index < -0.39 is 10.8 Å². The number of carbonyl (C=O) groups excluding carboxylic acids is 1. The third-order valence-corrected chi connectivity index (χ3v) is 5.35. The molecule has 0 radical (unpaired) electrons. The minimum absolute atomic E-state index is 0.00172. The summed E-state index contributed by atoms with van der Waals surface area (Å²) < 4.78 is 14.2. The molecule has 2 aromatic rings. The van der Waals surface area contributed by atoms with Crippen LogP contribution >= 0.6 is 45.2 Å². The van der Waals surface area contributed by atoms with Crippen molar-refractivity contribution in [2.24, 2.45) is 0 Å². The molecule has 118 valence electrons. The third kappa shape index (κ3) is 7.09. The summed E-state index contributed by atoms with van der Waals surface area (Å²) >= 11 is 4.46. The van der Waals surface area contributed by atoms with E-state index in [0.717, 1.165) is 18.3 Å². The number of hydrogen-bond acceptors (Lipinski definition) is 2. The van der Waals surface area contributed by atoms with E-state index in [1.54, 1.807) is 17.6 Å². The second-order valence-corrected chi connectivity index (χ2v) is 8.54. The maximum atomic E-state index is 11.9. The Kier molecular flexibility index (Phi) is 7.64. The zero-order valence-electron chi connectivity index (χ0n) is 12.1. The Morgan fingerprint density at radius 1 is 0.870 bits per heavy atom. The molecule has 1 atom stereocenters. The first kappa shape index (κ1) is 18.5. The minimum Gasteiger partial charge on any atom is -0.294 e. The lowest BCUT2D eigenvalue weighted by atomic mass is 10.2. The van der Waals surface area contributed by atoms with Crippen LogP contribution in [-0.4, -0.2) is 15.7 Å². The van der Waals surface area contributed by atoms with E-state index in [9.17, 15) is 9.00 Å². The van der Waals surface area contributed by atoms with Gasteiger partial charge in [0, 0.05) is 12.5 Å². The van der Waals surface area contributed by atoms with Gasteiger partial charge in [-0.05, 0) is 92.7 Å². The number of allylic oxidation sites excluding steroid dienone is 1. The SMILES string of the molecule is O=C(/C=C/c1ccc(I)cc1)CS(=O)/C=C\c1ccc(I)cc1. The molecule has 0 aliphatic carbocycles. The smallest absolute Gasteiger partial charge is 0.168 e. The quantitative estimate of drug-likeness (QED) is 0.381. The van der Waals surface area contributed by atoms with Crippen LogP contribution in [0.2, 0.25) is 0 Å². The van der Waals surface area contributed by atoms with Crippen LogP contribution in [0.3, 0.4) is 0 Å². The fourth-order valence-electron chi connectivity index (χ4n) is 1.73. The molecule has 0 aromatic heterocycles. The molecule has 0 amide bonds. The summed E-state index contributed by atoms with van der Waals surface area (Å²) in [5.74, 6) is -0.143. The first-order valence-corrected chi connectivity index (χ1v) is 10.3. The number of carbonyl (C=O) groups is 1. The zero-order valence-corrected chi connectivity index (χ0v) is 17.2. The second kappa shape index (κ2) is 9.48. The molecule has 0 spiro atoms. The number of benzene rings is 2. The van der Waals surface area contributed by atoms with Gasteiger partial charge in [0.2, 0.25) is 0 Å². The number of halogens is 2. The molecule has 0 N–H and O–H groups in total. The van der Waals surface area contributed by atoms with E-state index in [0.29, 0.717) is 0 Å². The van der Waals surface area contributed by atoms with E-state index in [4.69, 9.17) is 0 Å². The highest BCUT2D eigenvalue weighted by atomic mass is 127. The predicted molar refractivity (Wildman–Crippen MR) is 114 cm³/mol. The predicted octanol–water partition coefficient (Wildman–Crippen LogP) is 4.90. The molecule has 0 aliphatic heterocycles. The van der Waals surface area contributed by atoms with Gasteiger partial charge in [-0.2, -0.15) is 0 Å². The van der Waals surface area contributed by atoms with Crippen molar-refractivity contribution in [2.45, 2.75) is 0 Å². The average Bonchev–Trinajstić information content (AvgIpc) is 2.54. The van der Waals surface area contributed by atoms with E-state index in [1.165, 1.54) is 6.08 Å². The first-order valence-electron chi connectivity index (χ1n) is 6.80. The highest BCUT2D eigenvalue weighted by molar-refractivity contribution is 14.1. The Balaban J connectivity index is 1.88. The number of ketones is 1. The van der Waals surface area contributed by atoms with Crippen LogP contribution < -0.4 is 0 Å². The van der Waals surface area contributed by atoms with E-state index in [1.807, 2.05) is 48.5 Å². The van der Waals surface area contributed by atoms with Crippen molar-refractivity contribution in [3.8, 4) is 0 Å². The van der Waals surface area contributed by atoms with Crippen LogP contribution in [0.1, 0.15) is 11.1 Å². The topological polar surface area (TPSA) is 34.1 Å². The number of hydrogen-bond donors (Lipinski definition) is 0. The molecule has 1 unspecified atom stereocenters. The molecule has 0 saturated carbocycles. The van der Waals surface area contributed by atoms with Gasteiger partial charge in [0.25, 0.3) is 0 Å². The fraction of sp³-hybridized carbons (Fsp3) is 0.0556. The summed E-state index contributed by atoms with van der Waals surface area (Å²) in [6, 6.07) is 15.7. The van der Waals surface area contributed by atoms with Crippen molar-refractivity contribution < 1.29 is 9.00 Å². The molecule has 2 nitrogen and oxygen atoms in total. The highest BCUT2D eigenvalue weighted by Gasteiger charge is 2.02. The molecule has 0 heterocycles. The summed E-state index contributed by atoms with van der Waals surface area (Å²) in [6.07, 6.45) is 5.01. The molecule has 0 aliphatic rings. The van der Waals surface area contributed by atoms with Crippen molar-refractivity contribution in [3.05, 3.63) is 78.3 Å². The standard InChI is InChI=1S/C18H14I2O2S/c19-16-6-1-14(2-7-16)5-10-18(21)13-23(22)12-11-15-3-8-17(20)9-4-15/h1-12H,13H2/b10-5+,12-11-. The summed E-state index contributed by atoms with van der Waals surface area (Å²) in [5, 5.41) is 1.57. The van der Waals surface area contributed by atoms with Gasteiger partial charge in [0.05, 0.1) is 16.6 Å². The summed E-state index contributed by atoms with van der Waals surface area (Å²) in [7, 11) is -1.30. The normalized spacial score (nSPS) is 12.8. The Bertz CT molecular complexity index is 682. The monoisotopic (exact) mass is 548 g/mol. The summed E-state index contributed by atoms with van der Waals surface area (Å²) in [6.45, 7) is 0. The van der Waals surface area contributed by atoms with E-state index in [-0.39, 0.29) is 11.5 Å². The van der Waals surface area contributed by atoms with Gasteiger partial charge in [-0.1, -0.05) is 30.3 Å². The Morgan fingerprint density at radius 3 is 1.87 bits per heavy atom. The maximum absolute atomic E-state index is 11.9. The lowest BCUT2D eigenvalue weighted by Gasteiger charge is -1.96. The van der Waals surface area contributed by atoms with Gasteiger partial charge >= 0.3 is 0 Å². The molecule has 2 aromatic carbocycles. The van der Waals surface area contributed by atoms with Crippen LogP contribution in [0, 0.1) is 7.14 Å². The van der Waals surface area contributed by atoms with Gasteiger partial charge in [-0.15, -0.1) is 0 Å². The molecule has 0 fully saturated rings. The van der Waals surface area contributed by atoms with Crippen molar-refractivity contribution in [3.63, 3.8) is 0 Å². The fourth-order valence-corrected chi connectivity index (χ4v) is 3.23. The first-order chi connectivity index (χ1) is 11.0. The van der Waals surface area contributed by atoms with Gasteiger partial charge in [-0.3, -0.25) is 9.00 Å². The minimum atomic E-state index is -1.30. The molecule has 23 heavy (non-hydrogen) atoms. The van der Waals surface area contributed by atoms with Crippen LogP contribution in [-0.2, 0) is 15.6 Å². The van der Waals surface area contributed by atoms with Crippen molar-refractivity contribution in [2.75, 3.05) is 5.75 Å². The van der Waals surface area contributed by atoms with Crippen LogP contribution in [0.25, 0.3) is 12.2 Å². The van der Waals surface area contributed by atoms with Crippen LogP contribution in [0.4, 0.5) is 0 Å². The summed E-state index contributed by atoms with van der Waals surface area (Å²) in [4.78, 5) is 11.8. The van der Waals surface area contributed by atoms with Crippen LogP contribution in [0.15, 0.2) is 60.0 Å². The largest absolute Gasteiger partial charge is 0.294 e. The molecule has 0 bridgehead atoms. The van der Waals surface area contributed by atoms with Gasteiger partial charge in [0.15, 0.2) is 5.78 Å². The average molecular weight is 548 g/mol. The van der Waals surface area contributed by atoms with Crippen molar-refractivity contribution >= 4 is 73.9 Å². The van der Waals surface area contributed by atoms with E-state index in [2.05, 4.69) is 45.2 Å². The molecular formula is C18H14I2O2S. The number of rotatable bonds is 6. The van der Waals surface area contributed by atoms with E-state index >= 15 is 0 Å². The van der Waals surface area contributed by atoms with Crippen molar-refractivity contribution in [1.82, 2.24) is 0 Å². The maximum Gasteiger partial charge on any atom is 0.168 e. The van der Waals surface area contributed by atoms with Gasteiger partial charge in [0.1, 0.15) is 0 Å². The van der Waals surface area contributed by atoms with Gasteiger partial charge < -0.3 is 0 Å². The van der Waals surface area contributed by atoms with Crippen LogP contribution in [0.5, 0.6) is 0 Å². The highest BCUT2D eigenvalue weighted by Crippen LogP contribution is 2.09. The Labute approximate surface area is 165 Å². The Hall–Kier alpha value is -0.800. The lowest BCUT2D eigenvalue weighted by Crippen LogP contribution is -2.05. The van der Waals surface area contributed by atoms with Crippen molar-refractivity contribution in [1.29, 1.82) is 0 Å². The third-order valence-electron chi connectivity index (χ3n) is 2.90. The zero-order chi connectivity index (χ0) is 16.7. The Morgan fingerprint density at radius 2 is 1.35 bits per heavy atom. The molecule has 5 heteroatoms. The molecule has 2 rings (SSSR count).